The summed E-state index contributed by atoms with van der Waals surface area (Å²) in [5, 5.41) is 9.49. The molecular weight excluding hydrogens is 341 g/mol. The van der Waals surface area contributed by atoms with Crippen LogP contribution in [0.3, 0.4) is 0 Å². The van der Waals surface area contributed by atoms with Gasteiger partial charge in [-0.1, -0.05) is 5.16 Å². The lowest BCUT2D eigenvalue weighted by Gasteiger charge is -2.10. The summed E-state index contributed by atoms with van der Waals surface area (Å²) in [4.78, 5) is 15.9. The fourth-order valence-electron chi connectivity index (χ4n) is 2.14. The van der Waals surface area contributed by atoms with Crippen LogP contribution in [0, 0.1) is 6.92 Å². The number of anilines is 1. The number of carbonyl (C=O) groups is 1. The second-order valence-electron chi connectivity index (χ2n) is 4.83. The maximum Gasteiger partial charge on any atom is 0.262 e. The second-order valence-corrected chi connectivity index (χ2v) is 4.83. The van der Waals surface area contributed by atoms with Crippen LogP contribution in [0.2, 0.25) is 0 Å². The average Bonchev–Trinajstić information content (AvgIpc) is 2.93. The number of halogens is 4. The summed E-state index contributed by atoms with van der Waals surface area (Å²) in [5.74, 6) is -3.34. The van der Waals surface area contributed by atoms with Crippen molar-refractivity contribution in [1.29, 1.82) is 0 Å². The van der Waals surface area contributed by atoms with E-state index in [1.165, 1.54) is 6.20 Å². The molecule has 3 rings (SSSR count). The molecule has 0 bridgehead atoms. The van der Waals surface area contributed by atoms with E-state index in [0.717, 1.165) is 0 Å². The van der Waals surface area contributed by atoms with Gasteiger partial charge in [0.15, 0.2) is 0 Å². The zero-order valence-electron chi connectivity index (χ0n) is 11.4. The third kappa shape index (κ3) is 3.63. The Morgan fingerprint density at radius 2 is 2.23 bits per heavy atom. The van der Waals surface area contributed by atoms with Crippen molar-refractivity contribution in [2.75, 3.05) is 11.9 Å². The highest BCUT2D eigenvalue weighted by Gasteiger charge is 2.42. The Hall–Kier alpha value is -1.51. The van der Waals surface area contributed by atoms with Crippen LogP contribution in [0.4, 0.5) is 14.5 Å². The molecule has 1 saturated heterocycles. The van der Waals surface area contributed by atoms with Crippen molar-refractivity contribution in [3.63, 3.8) is 0 Å². The fraction of sp³-hybridized carbons (Fsp3) is 0.417. The van der Waals surface area contributed by atoms with Crippen LogP contribution in [0.5, 0.6) is 0 Å². The molecule has 122 valence electrons. The fourth-order valence-corrected chi connectivity index (χ4v) is 2.14. The molecule has 6 nitrogen and oxygen atoms in total. The number of alkyl halides is 2. The van der Waals surface area contributed by atoms with Crippen molar-refractivity contribution in [3.05, 3.63) is 18.0 Å². The number of fused-ring (bicyclic) bond motifs is 1. The largest absolute Gasteiger partial charge is 0.336 e. The highest BCUT2D eigenvalue weighted by molar-refractivity contribution is 5.96. The quantitative estimate of drug-likeness (QED) is 0.864. The van der Waals surface area contributed by atoms with E-state index in [9.17, 15) is 13.6 Å². The Bertz CT molecular complexity index is 680. The molecule has 10 heteroatoms. The van der Waals surface area contributed by atoms with Gasteiger partial charge in [-0.25, -0.2) is 13.8 Å². The number of rotatable bonds is 2. The van der Waals surface area contributed by atoms with Gasteiger partial charge in [0, 0.05) is 6.42 Å². The smallest absolute Gasteiger partial charge is 0.262 e. The molecule has 2 aromatic heterocycles. The third-order valence-corrected chi connectivity index (χ3v) is 3.20. The lowest BCUT2D eigenvalue weighted by Crippen LogP contribution is -2.35. The zero-order valence-corrected chi connectivity index (χ0v) is 13.1. The second kappa shape index (κ2) is 6.72. The van der Waals surface area contributed by atoms with E-state index in [1.807, 2.05) is 0 Å². The van der Waals surface area contributed by atoms with E-state index < -0.39 is 30.8 Å². The lowest BCUT2D eigenvalue weighted by atomic mass is 10.2. The van der Waals surface area contributed by atoms with Crippen LogP contribution in [-0.4, -0.2) is 34.6 Å². The van der Waals surface area contributed by atoms with Gasteiger partial charge in [0.05, 0.1) is 35.6 Å². The summed E-state index contributed by atoms with van der Waals surface area (Å²) in [6.45, 7) is 1.27. The van der Waals surface area contributed by atoms with Gasteiger partial charge in [-0.15, -0.1) is 24.8 Å². The Morgan fingerprint density at radius 1 is 1.50 bits per heavy atom. The van der Waals surface area contributed by atoms with E-state index >= 15 is 0 Å². The zero-order chi connectivity index (χ0) is 14.3. The Kier molecular flexibility index (Phi) is 5.66. The van der Waals surface area contributed by atoms with Gasteiger partial charge in [0.25, 0.3) is 11.6 Å². The molecule has 1 aliphatic rings. The molecule has 2 N–H and O–H groups in total. The van der Waals surface area contributed by atoms with Crippen LogP contribution in [0.15, 0.2) is 16.8 Å². The predicted octanol–water partition coefficient (Wildman–Crippen LogP) is 2.31. The number of aryl methyl sites for hydroxylation is 1. The minimum absolute atomic E-state index is 0. The molecule has 0 radical (unpaired) electrons. The van der Waals surface area contributed by atoms with Crippen molar-refractivity contribution in [2.45, 2.75) is 25.3 Å². The number of aromatic nitrogens is 2. The molecular formula is C12H14Cl2F2N4O2. The molecule has 3 heterocycles. The van der Waals surface area contributed by atoms with E-state index in [2.05, 4.69) is 20.8 Å². The van der Waals surface area contributed by atoms with E-state index in [-0.39, 0.29) is 24.8 Å². The lowest BCUT2D eigenvalue weighted by molar-refractivity contribution is -0.118. The Labute approximate surface area is 136 Å². The Morgan fingerprint density at radius 3 is 2.86 bits per heavy atom. The number of amides is 1. The number of nitrogens with one attached hydrogen (secondary N) is 2. The summed E-state index contributed by atoms with van der Waals surface area (Å²) in [6, 6.07) is 0.753. The SMILES string of the molecule is Cc1noc2ncc(NC(=O)C3CC(F)(F)CN3)cc12.Cl.Cl. The minimum Gasteiger partial charge on any atom is -0.336 e. The van der Waals surface area contributed by atoms with Crippen LogP contribution in [-0.2, 0) is 4.79 Å². The van der Waals surface area contributed by atoms with E-state index in [1.54, 1.807) is 13.0 Å². The summed E-state index contributed by atoms with van der Waals surface area (Å²) in [6.07, 6.45) is 0.902. The first-order valence-corrected chi connectivity index (χ1v) is 6.09. The molecule has 1 atom stereocenters. The topological polar surface area (TPSA) is 80.1 Å². The first-order chi connectivity index (χ1) is 9.44. The van der Waals surface area contributed by atoms with Crippen LogP contribution < -0.4 is 10.6 Å². The summed E-state index contributed by atoms with van der Waals surface area (Å²) in [7, 11) is 0. The van der Waals surface area contributed by atoms with Crippen LogP contribution >= 0.6 is 24.8 Å². The molecule has 1 fully saturated rings. The van der Waals surface area contributed by atoms with Gasteiger partial charge < -0.3 is 9.84 Å². The van der Waals surface area contributed by atoms with Crippen molar-refractivity contribution in [1.82, 2.24) is 15.5 Å². The summed E-state index contributed by atoms with van der Waals surface area (Å²) < 4.78 is 31.0. The number of carbonyl (C=O) groups excluding carboxylic acids is 1. The standard InChI is InChI=1S/C12H12F2N4O2.2ClH/c1-6-8-2-7(4-15-11(8)20-18-6)17-10(19)9-3-12(13,14)5-16-9;;/h2,4,9,16H,3,5H2,1H3,(H,17,19);2*1H. The number of pyridine rings is 1. The van der Waals surface area contributed by atoms with Crippen molar-refractivity contribution in [2.24, 2.45) is 0 Å². The average molecular weight is 355 g/mol. The molecule has 1 unspecified atom stereocenters. The first-order valence-electron chi connectivity index (χ1n) is 6.09. The summed E-state index contributed by atoms with van der Waals surface area (Å²) in [5.41, 5.74) is 1.44. The van der Waals surface area contributed by atoms with Gasteiger partial charge in [0.1, 0.15) is 0 Å². The normalized spacial score (nSPS) is 19.3. The number of hydrogen-bond donors (Lipinski definition) is 2. The molecule has 0 aromatic carbocycles. The van der Waals surface area contributed by atoms with Gasteiger partial charge in [-0.3, -0.25) is 10.1 Å². The number of hydrogen-bond acceptors (Lipinski definition) is 5. The van der Waals surface area contributed by atoms with Crippen molar-refractivity contribution >= 4 is 47.5 Å². The van der Waals surface area contributed by atoms with Gasteiger partial charge >= 0.3 is 0 Å². The maximum absolute atomic E-state index is 13.0. The van der Waals surface area contributed by atoms with E-state index in [0.29, 0.717) is 22.5 Å². The predicted molar refractivity (Wildman–Crippen MR) is 81.0 cm³/mol. The molecule has 1 aliphatic heterocycles. The maximum atomic E-state index is 13.0. The van der Waals surface area contributed by atoms with Gasteiger partial charge in [-0.2, -0.15) is 0 Å². The van der Waals surface area contributed by atoms with E-state index in [4.69, 9.17) is 4.52 Å². The molecule has 1 amide bonds. The first kappa shape index (κ1) is 18.5. The highest BCUT2D eigenvalue weighted by Crippen LogP contribution is 2.26. The van der Waals surface area contributed by atoms with Gasteiger partial charge in [-0.05, 0) is 13.0 Å². The van der Waals surface area contributed by atoms with Crippen molar-refractivity contribution < 1.29 is 18.1 Å². The molecule has 0 spiro atoms. The van der Waals surface area contributed by atoms with Crippen LogP contribution in [0.1, 0.15) is 12.1 Å². The monoisotopic (exact) mass is 354 g/mol. The highest BCUT2D eigenvalue weighted by atomic mass is 35.5. The summed E-state index contributed by atoms with van der Waals surface area (Å²) >= 11 is 0. The molecule has 0 aliphatic carbocycles. The van der Waals surface area contributed by atoms with Gasteiger partial charge in [0.2, 0.25) is 5.91 Å². The Balaban J connectivity index is 0.00000121. The molecule has 0 saturated carbocycles. The molecule has 22 heavy (non-hydrogen) atoms. The minimum atomic E-state index is -2.84. The van der Waals surface area contributed by atoms with Crippen LogP contribution in [0.25, 0.3) is 11.1 Å². The molecule has 2 aromatic rings. The third-order valence-electron chi connectivity index (χ3n) is 3.20. The number of nitrogens with zero attached hydrogens (tertiary/aromatic N) is 2. The van der Waals surface area contributed by atoms with Crippen molar-refractivity contribution in [3.8, 4) is 0 Å².